The van der Waals surface area contributed by atoms with Gasteiger partial charge in [-0.3, -0.25) is 19.5 Å². The Morgan fingerprint density at radius 2 is 1.20 bits per heavy atom. The first-order valence-electron chi connectivity index (χ1n) is 18.2. The molecule has 8 rings (SSSR count). The van der Waals surface area contributed by atoms with Crippen LogP contribution in [0.4, 0.5) is 4.79 Å². The van der Waals surface area contributed by atoms with E-state index in [1.807, 2.05) is 41.4 Å². The predicted molar refractivity (Wildman–Crippen MR) is 203 cm³/mol. The molecular formula is C42H40N8O4. The Bertz CT molecular complexity index is 2250. The number of carbonyl (C=O) groups excluding carboxylic acids is 2. The van der Waals surface area contributed by atoms with Crippen LogP contribution in [0.1, 0.15) is 71.4 Å². The first-order valence-corrected chi connectivity index (χ1v) is 18.2. The number of pyridine rings is 1. The summed E-state index contributed by atoms with van der Waals surface area (Å²) in [5.41, 5.74) is 7.11. The van der Waals surface area contributed by atoms with E-state index in [1.165, 1.54) is 7.05 Å². The van der Waals surface area contributed by atoms with Crippen molar-refractivity contribution in [3.8, 4) is 33.6 Å². The summed E-state index contributed by atoms with van der Waals surface area (Å²) in [5, 5.41) is 9.78. The van der Waals surface area contributed by atoms with E-state index in [2.05, 4.69) is 61.3 Å². The van der Waals surface area contributed by atoms with Gasteiger partial charge in [0.25, 0.3) is 11.8 Å². The topological polar surface area (TPSA) is 151 Å². The molecule has 0 spiro atoms. The van der Waals surface area contributed by atoms with Crippen molar-refractivity contribution in [1.82, 2.24) is 39.6 Å². The lowest BCUT2D eigenvalue weighted by molar-refractivity contribution is -0.137. The zero-order valence-electron chi connectivity index (χ0n) is 29.8. The van der Waals surface area contributed by atoms with Gasteiger partial charge in [0.15, 0.2) is 0 Å². The lowest BCUT2D eigenvalue weighted by atomic mass is 10.0. The lowest BCUT2D eigenvalue weighted by Crippen LogP contribution is -2.43. The molecule has 2 saturated heterocycles. The van der Waals surface area contributed by atoms with Crippen molar-refractivity contribution in [2.75, 3.05) is 20.1 Å². The van der Waals surface area contributed by atoms with Gasteiger partial charge in [-0.2, -0.15) is 0 Å². The molecule has 3 atom stereocenters. The number of nitrogens with zero attached hydrogens (tertiary/aromatic N) is 6. The van der Waals surface area contributed by atoms with E-state index >= 15 is 0 Å². The Balaban J connectivity index is 0.939. The van der Waals surface area contributed by atoms with Gasteiger partial charge in [0, 0.05) is 38.1 Å². The summed E-state index contributed by atoms with van der Waals surface area (Å²) in [6, 6.07) is 27.8. The molecule has 3 aromatic carbocycles. The van der Waals surface area contributed by atoms with Crippen molar-refractivity contribution < 1.29 is 19.5 Å². The smallest absolute Gasteiger partial charge is 0.407 e. The molecule has 12 heteroatoms. The molecule has 0 radical (unpaired) electrons. The molecule has 2 aliphatic heterocycles. The van der Waals surface area contributed by atoms with E-state index in [9.17, 15) is 19.5 Å². The summed E-state index contributed by atoms with van der Waals surface area (Å²) in [5.74, 6) is 1.21. The number of likely N-dealkylation sites (tertiary alicyclic amines) is 2. The molecular weight excluding hydrogens is 681 g/mol. The summed E-state index contributed by atoms with van der Waals surface area (Å²) in [6.45, 7) is 1.22. The molecule has 5 heterocycles. The van der Waals surface area contributed by atoms with E-state index in [0.717, 1.165) is 70.0 Å². The van der Waals surface area contributed by atoms with Crippen molar-refractivity contribution in [2.24, 2.45) is 0 Å². The maximum atomic E-state index is 13.9. The molecule has 12 nitrogen and oxygen atoms in total. The van der Waals surface area contributed by atoms with E-state index in [-0.39, 0.29) is 23.9 Å². The number of H-pyrrole nitrogens is 2. The highest BCUT2D eigenvalue weighted by molar-refractivity contribution is 5.94. The number of hydrogen-bond donors (Lipinski definition) is 3. The molecule has 2 fully saturated rings. The maximum absolute atomic E-state index is 13.9. The van der Waals surface area contributed by atoms with Gasteiger partial charge in [0.2, 0.25) is 0 Å². The van der Waals surface area contributed by atoms with Gasteiger partial charge in [0.1, 0.15) is 17.7 Å². The Kier molecular flexibility index (Phi) is 9.47. The fourth-order valence-corrected chi connectivity index (χ4v) is 7.69. The third-order valence-electron chi connectivity index (χ3n) is 10.6. The first-order chi connectivity index (χ1) is 26.4. The summed E-state index contributed by atoms with van der Waals surface area (Å²) in [7, 11) is 1.43. The number of likely N-dealkylation sites (N-methyl/N-ethyl adjacent to an activating group) is 1. The van der Waals surface area contributed by atoms with Gasteiger partial charge < -0.3 is 24.9 Å². The van der Waals surface area contributed by atoms with E-state index in [1.54, 1.807) is 47.8 Å². The summed E-state index contributed by atoms with van der Waals surface area (Å²) in [6.07, 6.45) is 9.06. The molecule has 2 aliphatic rings. The second kappa shape index (κ2) is 14.8. The lowest BCUT2D eigenvalue weighted by Gasteiger charge is -2.32. The van der Waals surface area contributed by atoms with Gasteiger partial charge in [-0.05, 0) is 65.6 Å². The second-order valence-electron chi connectivity index (χ2n) is 13.8. The minimum atomic E-state index is -1.16. The van der Waals surface area contributed by atoms with Crippen molar-refractivity contribution in [2.45, 2.75) is 43.8 Å². The van der Waals surface area contributed by atoms with Crippen LogP contribution in [0.15, 0.2) is 116 Å². The van der Waals surface area contributed by atoms with Gasteiger partial charge in [-0.25, -0.2) is 14.8 Å². The molecule has 3 aromatic heterocycles. The summed E-state index contributed by atoms with van der Waals surface area (Å²) in [4.78, 5) is 64.1. The van der Waals surface area contributed by atoms with E-state index < -0.39 is 12.1 Å². The van der Waals surface area contributed by atoms with Crippen molar-refractivity contribution in [1.29, 1.82) is 0 Å². The van der Waals surface area contributed by atoms with E-state index in [4.69, 9.17) is 0 Å². The van der Waals surface area contributed by atoms with E-state index in [0.29, 0.717) is 30.0 Å². The number of aromatic amines is 2. The Hall–Kier alpha value is -6.56. The Morgan fingerprint density at radius 1 is 0.704 bits per heavy atom. The number of rotatable bonds is 9. The fourth-order valence-electron chi connectivity index (χ4n) is 7.69. The standard InChI is InChI=1S/C42H40N8O4/c1-48(42(53)54)37(31-7-3-2-4-8-31)41(52)50-24-6-10-36(50)39-45-26-34(47-39)30-17-13-28(14-18-30)27-11-15-29(16-12-27)33-25-44-38(46-33)35-9-5-23-49(35)40(51)32-19-21-43-22-20-32/h2-4,7-8,11-22,25-26,35-37H,5-6,9-10,23-24H2,1H3,(H,44,46)(H,45,47)(H,53,54)/t35-,36-,37+/m0/s1. The first kappa shape index (κ1) is 34.5. The highest BCUT2D eigenvalue weighted by Crippen LogP contribution is 2.36. The number of carbonyl (C=O) groups is 3. The van der Waals surface area contributed by atoms with Crippen molar-refractivity contribution in [3.63, 3.8) is 0 Å². The van der Waals surface area contributed by atoms with Crippen LogP contribution in [0.2, 0.25) is 0 Å². The highest BCUT2D eigenvalue weighted by atomic mass is 16.4. The summed E-state index contributed by atoms with van der Waals surface area (Å²) >= 11 is 0. The van der Waals surface area contributed by atoms with Crippen LogP contribution in [0, 0.1) is 0 Å². The van der Waals surface area contributed by atoms with Crippen LogP contribution >= 0.6 is 0 Å². The minimum Gasteiger partial charge on any atom is -0.465 e. The van der Waals surface area contributed by atoms with Gasteiger partial charge in [-0.15, -0.1) is 0 Å². The van der Waals surface area contributed by atoms with Gasteiger partial charge in [-0.1, -0.05) is 78.9 Å². The second-order valence-corrected chi connectivity index (χ2v) is 13.8. The molecule has 0 unspecified atom stereocenters. The number of amides is 3. The SMILES string of the molecule is CN(C(=O)O)[C@@H](C(=O)N1CCC[C@H]1c1ncc(-c2ccc(-c3ccc(-c4cnc([C@@H]5CCCN5C(=O)c5ccncc5)[nH]4)cc3)cc2)[nH]1)c1ccccc1. The van der Waals surface area contributed by atoms with Crippen LogP contribution in [-0.4, -0.2) is 82.8 Å². The van der Waals surface area contributed by atoms with Crippen LogP contribution < -0.4 is 0 Å². The average Bonchev–Trinajstić information content (AvgIpc) is 4.06. The van der Waals surface area contributed by atoms with Gasteiger partial charge >= 0.3 is 6.09 Å². The number of aromatic nitrogens is 5. The quantitative estimate of drug-likeness (QED) is 0.140. The fraction of sp³-hybridized carbons (Fsp3) is 0.238. The van der Waals surface area contributed by atoms with Crippen molar-refractivity contribution in [3.05, 3.63) is 139 Å². The monoisotopic (exact) mass is 720 g/mol. The molecule has 0 bridgehead atoms. The third-order valence-corrected chi connectivity index (χ3v) is 10.6. The van der Waals surface area contributed by atoms with Crippen LogP contribution in [0.3, 0.4) is 0 Å². The summed E-state index contributed by atoms with van der Waals surface area (Å²) < 4.78 is 0. The van der Waals surface area contributed by atoms with Crippen LogP contribution in [-0.2, 0) is 4.79 Å². The Morgan fingerprint density at radius 3 is 1.74 bits per heavy atom. The molecule has 0 aliphatic carbocycles. The van der Waals surface area contributed by atoms with Crippen LogP contribution in [0.25, 0.3) is 33.6 Å². The molecule has 3 amide bonds. The number of benzene rings is 3. The van der Waals surface area contributed by atoms with Gasteiger partial charge in [0.05, 0.1) is 35.9 Å². The zero-order chi connectivity index (χ0) is 37.2. The molecule has 3 N–H and O–H groups in total. The molecule has 54 heavy (non-hydrogen) atoms. The highest BCUT2D eigenvalue weighted by Gasteiger charge is 2.39. The Labute approximate surface area is 312 Å². The minimum absolute atomic E-state index is 0.00599. The molecule has 6 aromatic rings. The zero-order valence-corrected chi connectivity index (χ0v) is 29.8. The number of nitrogens with one attached hydrogen (secondary N) is 2. The van der Waals surface area contributed by atoms with Crippen LogP contribution in [0.5, 0.6) is 0 Å². The predicted octanol–water partition coefficient (Wildman–Crippen LogP) is 7.52. The van der Waals surface area contributed by atoms with Crippen molar-refractivity contribution >= 4 is 17.9 Å². The molecule has 0 saturated carbocycles. The third kappa shape index (κ3) is 6.73. The average molecular weight is 721 g/mol. The maximum Gasteiger partial charge on any atom is 0.407 e. The molecule has 272 valence electrons. The number of hydrogen-bond acceptors (Lipinski definition) is 6. The normalized spacial score (nSPS) is 17.4. The number of carboxylic acid groups (broad SMARTS) is 1. The number of imidazole rings is 2. The largest absolute Gasteiger partial charge is 0.465 e.